The Hall–Kier alpha value is -2.83. The summed E-state index contributed by atoms with van der Waals surface area (Å²) >= 11 is 5.83. The molecule has 0 fully saturated rings. The van der Waals surface area contributed by atoms with Gasteiger partial charge in [-0.3, -0.25) is 14.3 Å². The number of halogens is 1. The van der Waals surface area contributed by atoms with Gasteiger partial charge in [-0.15, -0.1) is 0 Å². The van der Waals surface area contributed by atoms with E-state index < -0.39 is 0 Å². The van der Waals surface area contributed by atoms with Gasteiger partial charge in [0.1, 0.15) is 24.7 Å². The number of nitrogens with zero attached hydrogens (tertiary/aromatic N) is 3. The SMILES string of the molecule is CCN(C)[C@H](C)COc1ccc(-n2ccc(OCc3ccc(Cl)cn3)cc2=O)cc1. The monoisotopic (exact) mass is 427 g/mol. The summed E-state index contributed by atoms with van der Waals surface area (Å²) in [6, 6.07) is 14.6. The lowest BCUT2D eigenvalue weighted by molar-refractivity contribution is 0.179. The summed E-state index contributed by atoms with van der Waals surface area (Å²) in [6.07, 6.45) is 3.26. The van der Waals surface area contributed by atoms with Crippen molar-refractivity contribution in [1.29, 1.82) is 0 Å². The van der Waals surface area contributed by atoms with E-state index in [2.05, 4.69) is 30.8 Å². The van der Waals surface area contributed by atoms with E-state index in [1.165, 1.54) is 6.07 Å². The molecule has 7 heteroatoms. The van der Waals surface area contributed by atoms with Crippen LogP contribution < -0.4 is 15.0 Å². The summed E-state index contributed by atoms with van der Waals surface area (Å²) in [5.41, 5.74) is 1.32. The molecule has 0 spiro atoms. The summed E-state index contributed by atoms with van der Waals surface area (Å²) in [7, 11) is 2.07. The summed E-state index contributed by atoms with van der Waals surface area (Å²) in [5.74, 6) is 1.26. The second-order valence-electron chi connectivity index (χ2n) is 7.05. The van der Waals surface area contributed by atoms with Gasteiger partial charge in [0.25, 0.3) is 5.56 Å². The third kappa shape index (κ3) is 5.84. The number of likely N-dealkylation sites (N-methyl/N-ethyl adjacent to an activating group) is 1. The highest BCUT2D eigenvalue weighted by atomic mass is 35.5. The Morgan fingerprint density at radius 1 is 1.10 bits per heavy atom. The molecule has 0 bridgehead atoms. The molecular formula is C23H26ClN3O3. The highest BCUT2D eigenvalue weighted by Gasteiger charge is 2.08. The molecule has 0 aliphatic rings. The van der Waals surface area contributed by atoms with Crippen molar-refractivity contribution >= 4 is 11.6 Å². The Labute approximate surface area is 181 Å². The van der Waals surface area contributed by atoms with Crippen LogP contribution in [-0.4, -0.2) is 40.7 Å². The average Bonchev–Trinajstić information content (AvgIpc) is 2.77. The van der Waals surface area contributed by atoms with Crippen LogP contribution in [0.4, 0.5) is 0 Å². The molecular weight excluding hydrogens is 402 g/mol. The fourth-order valence-corrected chi connectivity index (χ4v) is 2.88. The molecule has 30 heavy (non-hydrogen) atoms. The largest absolute Gasteiger partial charge is 0.492 e. The highest BCUT2D eigenvalue weighted by molar-refractivity contribution is 6.30. The van der Waals surface area contributed by atoms with Crippen LogP contribution in [0, 0.1) is 0 Å². The molecule has 0 saturated heterocycles. The van der Waals surface area contributed by atoms with E-state index in [1.54, 1.807) is 35.2 Å². The molecule has 158 valence electrons. The number of rotatable bonds is 9. The first-order valence-corrected chi connectivity index (χ1v) is 10.2. The molecule has 0 N–H and O–H groups in total. The molecule has 2 aromatic heterocycles. The third-order valence-electron chi connectivity index (χ3n) is 4.92. The van der Waals surface area contributed by atoms with Crippen molar-refractivity contribution in [2.45, 2.75) is 26.5 Å². The smallest absolute Gasteiger partial charge is 0.258 e. The molecule has 3 rings (SSSR count). The summed E-state index contributed by atoms with van der Waals surface area (Å²) < 4.78 is 13.1. The highest BCUT2D eigenvalue weighted by Crippen LogP contribution is 2.17. The van der Waals surface area contributed by atoms with Gasteiger partial charge in [0.2, 0.25) is 0 Å². The van der Waals surface area contributed by atoms with E-state index in [0.717, 1.165) is 23.7 Å². The first-order chi connectivity index (χ1) is 14.5. The number of ether oxygens (including phenoxy) is 2. The van der Waals surface area contributed by atoms with Crippen molar-refractivity contribution in [2.24, 2.45) is 0 Å². The Morgan fingerprint density at radius 3 is 2.50 bits per heavy atom. The zero-order valence-electron chi connectivity index (χ0n) is 17.4. The Morgan fingerprint density at radius 2 is 1.87 bits per heavy atom. The normalized spacial score (nSPS) is 12.0. The average molecular weight is 428 g/mol. The molecule has 0 amide bonds. The van der Waals surface area contributed by atoms with Gasteiger partial charge in [0.05, 0.1) is 10.7 Å². The first kappa shape index (κ1) is 21.9. The number of aromatic nitrogens is 2. The summed E-state index contributed by atoms with van der Waals surface area (Å²) in [4.78, 5) is 18.9. The van der Waals surface area contributed by atoms with Gasteiger partial charge in [-0.25, -0.2) is 0 Å². The summed E-state index contributed by atoms with van der Waals surface area (Å²) in [5, 5.41) is 0.570. The zero-order chi connectivity index (χ0) is 21.5. The van der Waals surface area contributed by atoms with Crippen molar-refractivity contribution in [3.05, 3.63) is 82.0 Å². The molecule has 2 heterocycles. The minimum Gasteiger partial charge on any atom is -0.492 e. The predicted octanol–water partition coefficient (Wildman–Crippen LogP) is 4.18. The molecule has 0 saturated carbocycles. The van der Waals surface area contributed by atoms with E-state index in [1.807, 2.05) is 24.3 Å². The van der Waals surface area contributed by atoms with Crippen LogP contribution in [0.1, 0.15) is 19.5 Å². The lowest BCUT2D eigenvalue weighted by atomic mass is 10.2. The van der Waals surface area contributed by atoms with E-state index in [0.29, 0.717) is 23.4 Å². The van der Waals surface area contributed by atoms with E-state index in [9.17, 15) is 4.79 Å². The van der Waals surface area contributed by atoms with Gasteiger partial charge < -0.3 is 14.4 Å². The van der Waals surface area contributed by atoms with Crippen LogP contribution in [0.5, 0.6) is 11.5 Å². The van der Waals surface area contributed by atoms with Crippen molar-refractivity contribution in [1.82, 2.24) is 14.5 Å². The maximum Gasteiger partial charge on any atom is 0.258 e. The maximum atomic E-state index is 12.5. The maximum absolute atomic E-state index is 12.5. The molecule has 1 aromatic carbocycles. The van der Waals surface area contributed by atoms with E-state index >= 15 is 0 Å². The van der Waals surface area contributed by atoms with Gasteiger partial charge in [0.15, 0.2) is 0 Å². The van der Waals surface area contributed by atoms with Gasteiger partial charge in [0, 0.05) is 30.2 Å². The molecule has 3 aromatic rings. The fraction of sp³-hybridized carbons (Fsp3) is 0.304. The second kappa shape index (κ2) is 10.3. The van der Waals surface area contributed by atoms with Gasteiger partial charge in [-0.05, 0) is 63.0 Å². The Kier molecular flexibility index (Phi) is 7.49. The zero-order valence-corrected chi connectivity index (χ0v) is 18.2. The van der Waals surface area contributed by atoms with Crippen molar-refractivity contribution in [3.63, 3.8) is 0 Å². The van der Waals surface area contributed by atoms with Crippen molar-refractivity contribution in [2.75, 3.05) is 20.2 Å². The number of hydrogen-bond donors (Lipinski definition) is 0. The fourth-order valence-electron chi connectivity index (χ4n) is 2.77. The Balaban J connectivity index is 1.61. The van der Waals surface area contributed by atoms with Gasteiger partial charge in [-0.2, -0.15) is 0 Å². The molecule has 0 aliphatic carbocycles. The van der Waals surface area contributed by atoms with Crippen LogP contribution in [0.2, 0.25) is 5.02 Å². The lowest BCUT2D eigenvalue weighted by Gasteiger charge is -2.23. The predicted molar refractivity (Wildman–Crippen MR) is 119 cm³/mol. The molecule has 1 atom stereocenters. The Bertz CT molecular complexity index is 1000. The topological polar surface area (TPSA) is 56.6 Å². The molecule has 6 nitrogen and oxygen atoms in total. The minimum atomic E-state index is -0.177. The van der Waals surface area contributed by atoms with Crippen LogP contribution >= 0.6 is 11.6 Å². The van der Waals surface area contributed by atoms with Crippen molar-refractivity contribution in [3.8, 4) is 17.2 Å². The summed E-state index contributed by atoms with van der Waals surface area (Å²) in [6.45, 7) is 6.09. The molecule has 0 unspecified atom stereocenters. The third-order valence-corrected chi connectivity index (χ3v) is 5.15. The van der Waals surface area contributed by atoms with E-state index in [4.69, 9.17) is 21.1 Å². The first-order valence-electron chi connectivity index (χ1n) is 9.85. The second-order valence-corrected chi connectivity index (χ2v) is 7.49. The van der Waals surface area contributed by atoms with Crippen LogP contribution in [0.3, 0.4) is 0 Å². The standard InChI is InChI=1S/C23H26ClN3O3/c1-4-26(3)17(2)15-29-21-9-7-20(8-10-21)27-12-11-22(13-23(27)28)30-16-19-6-5-18(24)14-25-19/h5-14,17H,4,15-16H2,1-3H3/t17-/m1/s1. The lowest BCUT2D eigenvalue weighted by Crippen LogP contribution is -2.33. The van der Waals surface area contributed by atoms with Gasteiger partial charge >= 0.3 is 0 Å². The minimum absolute atomic E-state index is 0.177. The number of benzene rings is 1. The molecule has 0 radical (unpaired) electrons. The van der Waals surface area contributed by atoms with E-state index in [-0.39, 0.29) is 12.2 Å². The number of hydrogen-bond acceptors (Lipinski definition) is 5. The quantitative estimate of drug-likeness (QED) is 0.512. The van der Waals surface area contributed by atoms with Crippen LogP contribution in [0.25, 0.3) is 5.69 Å². The van der Waals surface area contributed by atoms with Crippen LogP contribution in [0.15, 0.2) is 65.7 Å². The molecule has 0 aliphatic heterocycles. The number of pyridine rings is 2. The van der Waals surface area contributed by atoms with Crippen molar-refractivity contribution < 1.29 is 9.47 Å². The van der Waals surface area contributed by atoms with Gasteiger partial charge in [-0.1, -0.05) is 18.5 Å². The van der Waals surface area contributed by atoms with Crippen LogP contribution in [-0.2, 0) is 6.61 Å².